The molecule has 1 atom stereocenters. The van der Waals surface area contributed by atoms with Gasteiger partial charge in [0.2, 0.25) is 11.1 Å². The van der Waals surface area contributed by atoms with Crippen molar-refractivity contribution in [2.45, 2.75) is 17.3 Å². The Morgan fingerprint density at radius 3 is 2.90 bits per heavy atom. The summed E-state index contributed by atoms with van der Waals surface area (Å²) in [4.78, 5) is 12.2. The van der Waals surface area contributed by atoms with E-state index in [1.54, 1.807) is 32.2 Å². The van der Waals surface area contributed by atoms with Gasteiger partial charge < -0.3 is 15.8 Å². The van der Waals surface area contributed by atoms with E-state index >= 15 is 0 Å². The number of aryl methyl sites for hydroxylation is 1. The second-order valence-corrected chi connectivity index (χ2v) is 5.60. The Labute approximate surface area is 126 Å². The van der Waals surface area contributed by atoms with Gasteiger partial charge in [-0.15, -0.1) is 5.10 Å². The number of nitrogens with zero attached hydrogens (tertiary/aromatic N) is 4. The minimum Gasteiger partial charge on any atom is -0.495 e. The highest BCUT2D eigenvalue weighted by atomic mass is 32.2. The number of anilines is 2. The fraction of sp³-hybridized carbons (Fsp3) is 0.333. The number of hydrogen-bond donors (Lipinski definition) is 2. The number of thioether (sulfide) groups is 1. The van der Waals surface area contributed by atoms with Crippen molar-refractivity contribution in [1.29, 1.82) is 0 Å². The van der Waals surface area contributed by atoms with Crippen molar-refractivity contribution < 1.29 is 9.53 Å². The van der Waals surface area contributed by atoms with E-state index in [0.717, 1.165) is 0 Å². The summed E-state index contributed by atoms with van der Waals surface area (Å²) in [6.07, 6.45) is 0. The van der Waals surface area contributed by atoms with E-state index < -0.39 is 0 Å². The second kappa shape index (κ2) is 6.44. The van der Waals surface area contributed by atoms with Crippen LogP contribution in [-0.2, 0) is 11.8 Å². The molecule has 0 bridgehead atoms. The molecule has 3 N–H and O–H groups in total. The van der Waals surface area contributed by atoms with E-state index in [1.165, 1.54) is 23.6 Å². The van der Waals surface area contributed by atoms with Gasteiger partial charge in [0.25, 0.3) is 0 Å². The first-order chi connectivity index (χ1) is 10.0. The number of aromatic nitrogens is 4. The number of amides is 1. The lowest BCUT2D eigenvalue weighted by Crippen LogP contribution is -2.23. The molecule has 2 rings (SSSR count). The summed E-state index contributed by atoms with van der Waals surface area (Å²) in [5.41, 5.74) is 6.80. The van der Waals surface area contributed by atoms with E-state index in [0.29, 0.717) is 22.3 Å². The molecule has 0 radical (unpaired) electrons. The molecule has 0 aliphatic rings. The third kappa shape index (κ3) is 3.63. The number of carbonyl (C=O) groups excluding carboxylic acids is 1. The first-order valence-corrected chi connectivity index (χ1v) is 7.02. The first-order valence-electron chi connectivity index (χ1n) is 6.14. The van der Waals surface area contributed by atoms with Gasteiger partial charge in [0.05, 0.1) is 18.0 Å². The summed E-state index contributed by atoms with van der Waals surface area (Å²) in [5, 5.41) is 14.1. The topological polar surface area (TPSA) is 108 Å². The number of methoxy groups -OCH3 is 1. The molecule has 0 saturated carbocycles. The Morgan fingerprint density at radius 2 is 2.29 bits per heavy atom. The van der Waals surface area contributed by atoms with E-state index in [1.807, 2.05) is 0 Å². The predicted octanol–water partition coefficient (Wildman–Crippen LogP) is 0.920. The molecule has 0 spiro atoms. The molecule has 1 aromatic carbocycles. The van der Waals surface area contributed by atoms with Crippen molar-refractivity contribution in [3.8, 4) is 5.75 Å². The van der Waals surface area contributed by atoms with Crippen LogP contribution in [0.5, 0.6) is 5.75 Å². The predicted molar refractivity (Wildman–Crippen MR) is 80.2 cm³/mol. The quantitative estimate of drug-likeness (QED) is 0.624. The van der Waals surface area contributed by atoms with Crippen molar-refractivity contribution in [2.24, 2.45) is 7.05 Å². The Hall–Kier alpha value is -2.29. The average molecular weight is 308 g/mol. The molecule has 0 aliphatic carbocycles. The third-order valence-electron chi connectivity index (χ3n) is 2.71. The van der Waals surface area contributed by atoms with Gasteiger partial charge in [-0.3, -0.25) is 4.79 Å². The maximum Gasteiger partial charge on any atom is 0.237 e. The van der Waals surface area contributed by atoms with E-state index in [2.05, 4.69) is 20.8 Å². The van der Waals surface area contributed by atoms with Crippen molar-refractivity contribution in [2.75, 3.05) is 18.2 Å². The highest BCUT2D eigenvalue weighted by Gasteiger charge is 2.19. The molecule has 1 heterocycles. The second-order valence-electron chi connectivity index (χ2n) is 4.29. The number of carbonyl (C=O) groups is 1. The summed E-state index contributed by atoms with van der Waals surface area (Å²) in [6, 6.07) is 5.06. The summed E-state index contributed by atoms with van der Waals surface area (Å²) in [6.45, 7) is 1.77. The summed E-state index contributed by atoms with van der Waals surface area (Å²) >= 11 is 1.26. The van der Waals surface area contributed by atoms with Gasteiger partial charge in [0.15, 0.2) is 0 Å². The molecule has 1 amide bonds. The summed E-state index contributed by atoms with van der Waals surface area (Å²) in [5.74, 6) is 0.363. The van der Waals surface area contributed by atoms with Crippen LogP contribution in [0.15, 0.2) is 23.4 Å². The molecule has 0 fully saturated rings. The first kappa shape index (κ1) is 15.1. The zero-order valence-electron chi connectivity index (χ0n) is 11.9. The van der Waals surface area contributed by atoms with Crippen molar-refractivity contribution in [3.05, 3.63) is 18.2 Å². The normalized spacial score (nSPS) is 12.0. The van der Waals surface area contributed by atoms with Gasteiger partial charge in [-0.25, -0.2) is 4.68 Å². The van der Waals surface area contributed by atoms with Gasteiger partial charge in [-0.2, -0.15) is 0 Å². The molecular formula is C12H16N6O2S. The number of nitrogen functional groups attached to an aromatic ring is 1. The Kier molecular flexibility index (Phi) is 4.63. The number of rotatable bonds is 5. The van der Waals surface area contributed by atoms with Crippen molar-refractivity contribution >= 4 is 29.0 Å². The maximum atomic E-state index is 12.2. The summed E-state index contributed by atoms with van der Waals surface area (Å²) in [7, 11) is 3.25. The fourth-order valence-corrected chi connectivity index (χ4v) is 2.35. The molecule has 0 aliphatic heterocycles. The van der Waals surface area contributed by atoms with E-state index in [4.69, 9.17) is 10.5 Å². The third-order valence-corrected chi connectivity index (χ3v) is 3.84. The molecule has 21 heavy (non-hydrogen) atoms. The van der Waals surface area contributed by atoms with Crippen molar-refractivity contribution in [1.82, 2.24) is 20.2 Å². The van der Waals surface area contributed by atoms with Crippen LogP contribution in [0.1, 0.15) is 6.92 Å². The zero-order valence-corrected chi connectivity index (χ0v) is 12.7. The standard InChI is InChI=1S/C12H16N6O2S/c1-7(21-12-15-16-17-18(12)2)11(19)14-9-6-8(13)4-5-10(9)20-3/h4-7H,13H2,1-3H3,(H,14,19). The molecular weight excluding hydrogens is 292 g/mol. The highest BCUT2D eigenvalue weighted by molar-refractivity contribution is 8.00. The Morgan fingerprint density at radius 1 is 1.52 bits per heavy atom. The van der Waals surface area contributed by atoms with Crippen LogP contribution in [0.25, 0.3) is 0 Å². The molecule has 0 saturated heterocycles. The van der Waals surface area contributed by atoms with Gasteiger partial charge in [0, 0.05) is 12.7 Å². The molecule has 9 heteroatoms. The van der Waals surface area contributed by atoms with Gasteiger partial charge in [0.1, 0.15) is 5.75 Å². The lowest BCUT2D eigenvalue weighted by Gasteiger charge is -2.14. The van der Waals surface area contributed by atoms with Crippen LogP contribution in [0.4, 0.5) is 11.4 Å². The number of hydrogen-bond acceptors (Lipinski definition) is 7. The number of nitrogens with one attached hydrogen (secondary N) is 1. The Bertz CT molecular complexity index is 644. The lowest BCUT2D eigenvalue weighted by atomic mass is 10.2. The van der Waals surface area contributed by atoms with E-state index in [-0.39, 0.29) is 11.2 Å². The zero-order chi connectivity index (χ0) is 15.4. The molecule has 1 aromatic heterocycles. The monoisotopic (exact) mass is 308 g/mol. The minimum atomic E-state index is -0.374. The van der Waals surface area contributed by atoms with Crippen LogP contribution in [-0.4, -0.2) is 38.5 Å². The van der Waals surface area contributed by atoms with Gasteiger partial charge in [-0.1, -0.05) is 11.8 Å². The summed E-state index contributed by atoms with van der Waals surface area (Å²) < 4.78 is 6.70. The van der Waals surface area contributed by atoms with Crippen molar-refractivity contribution in [3.63, 3.8) is 0 Å². The minimum absolute atomic E-state index is 0.188. The number of ether oxygens (including phenoxy) is 1. The number of nitrogens with two attached hydrogens (primary N) is 1. The van der Waals surface area contributed by atoms with Crippen LogP contribution in [0.3, 0.4) is 0 Å². The van der Waals surface area contributed by atoms with Crippen LogP contribution in [0, 0.1) is 0 Å². The van der Waals surface area contributed by atoms with Crippen LogP contribution < -0.4 is 15.8 Å². The maximum absolute atomic E-state index is 12.2. The van der Waals surface area contributed by atoms with E-state index in [9.17, 15) is 4.79 Å². The highest BCUT2D eigenvalue weighted by Crippen LogP contribution is 2.28. The SMILES string of the molecule is COc1ccc(N)cc1NC(=O)C(C)Sc1nnnn1C. The number of tetrazole rings is 1. The average Bonchev–Trinajstić information content (AvgIpc) is 2.84. The number of benzene rings is 1. The molecule has 2 aromatic rings. The smallest absolute Gasteiger partial charge is 0.237 e. The molecule has 8 nitrogen and oxygen atoms in total. The van der Waals surface area contributed by atoms with Crippen LogP contribution >= 0.6 is 11.8 Å². The van der Waals surface area contributed by atoms with Gasteiger partial charge in [-0.05, 0) is 35.5 Å². The van der Waals surface area contributed by atoms with Gasteiger partial charge >= 0.3 is 0 Å². The lowest BCUT2D eigenvalue weighted by molar-refractivity contribution is -0.115. The fourth-order valence-electron chi connectivity index (χ4n) is 1.59. The van der Waals surface area contributed by atoms with Crippen LogP contribution in [0.2, 0.25) is 0 Å². The molecule has 1 unspecified atom stereocenters. The largest absolute Gasteiger partial charge is 0.495 e. The molecule has 112 valence electrons. The Balaban J connectivity index is 2.07.